The van der Waals surface area contributed by atoms with E-state index in [0.29, 0.717) is 16.7 Å². The Bertz CT molecular complexity index is 848. The molecule has 2 aromatic carbocycles. The molecule has 3 aromatic rings. The lowest BCUT2D eigenvalue weighted by Crippen LogP contribution is -2.02. The highest BCUT2D eigenvalue weighted by Gasteiger charge is 2.12. The highest BCUT2D eigenvalue weighted by Crippen LogP contribution is 2.29. The first-order valence-electron chi connectivity index (χ1n) is 6.37. The van der Waals surface area contributed by atoms with Crippen LogP contribution in [-0.4, -0.2) is 0 Å². The fraction of sp³-hybridized carbons (Fsp3) is 0.118. The van der Waals surface area contributed by atoms with Gasteiger partial charge in [-0.25, -0.2) is 0 Å². The molecule has 0 N–H and O–H groups in total. The molecule has 0 radical (unpaired) electrons. The summed E-state index contributed by atoms with van der Waals surface area (Å²) in [6, 6.07) is 13.1. The molecule has 0 atom stereocenters. The van der Waals surface area contributed by atoms with Gasteiger partial charge in [0.2, 0.25) is 0 Å². The summed E-state index contributed by atoms with van der Waals surface area (Å²) in [4.78, 5) is 12.3. The predicted molar refractivity (Wildman–Crippen MR) is 85.1 cm³/mol. The van der Waals surface area contributed by atoms with Gasteiger partial charge in [0.05, 0.1) is 5.39 Å². The standard InChI is InChI=1S/C17H13BrO2/c1-10-11(2)17-13(8-14(10)18)15(19)9-16(20-17)12-6-4-3-5-7-12/h3-9H,1-2H3. The van der Waals surface area contributed by atoms with E-state index >= 15 is 0 Å². The zero-order chi connectivity index (χ0) is 14.3. The number of aryl methyl sites for hydroxylation is 1. The van der Waals surface area contributed by atoms with E-state index in [1.54, 1.807) is 6.07 Å². The van der Waals surface area contributed by atoms with Gasteiger partial charge in [0, 0.05) is 16.1 Å². The molecule has 1 aromatic heterocycles. The minimum absolute atomic E-state index is 0.0195. The van der Waals surface area contributed by atoms with Crippen LogP contribution in [0.5, 0.6) is 0 Å². The Morgan fingerprint density at radius 3 is 2.40 bits per heavy atom. The van der Waals surface area contributed by atoms with Crippen LogP contribution in [0.2, 0.25) is 0 Å². The van der Waals surface area contributed by atoms with Crippen molar-refractivity contribution >= 4 is 26.9 Å². The molecule has 0 spiro atoms. The van der Waals surface area contributed by atoms with Crippen molar-refractivity contribution in [3.63, 3.8) is 0 Å². The molecule has 1 heterocycles. The molecule has 3 rings (SSSR count). The number of halogens is 1. The summed E-state index contributed by atoms with van der Waals surface area (Å²) < 4.78 is 6.91. The second-order valence-electron chi connectivity index (χ2n) is 4.83. The van der Waals surface area contributed by atoms with Crippen molar-refractivity contribution in [2.24, 2.45) is 0 Å². The molecule has 0 unspecified atom stereocenters. The van der Waals surface area contributed by atoms with Crippen LogP contribution in [-0.2, 0) is 0 Å². The molecular weight excluding hydrogens is 316 g/mol. The second-order valence-corrected chi connectivity index (χ2v) is 5.68. The third kappa shape index (κ3) is 2.08. The van der Waals surface area contributed by atoms with Gasteiger partial charge in [-0.2, -0.15) is 0 Å². The third-order valence-corrected chi connectivity index (χ3v) is 4.40. The van der Waals surface area contributed by atoms with E-state index in [-0.39, 0.29) is 5.43 Å². The summed E-state index contributed by atoms with van der Waals surface area (Å²) >= 11 is 3.48. The van der Waals surface area contributed by atoms with Crippen molar-refractivity contribution in [3.8, 4) is 11.3 Å². The van der Waals surface area contributed by atoms with Gasteiger partial charge in [0.1, 0.15) is 11.3 Å². The van der Waals surface area contributed by atoms with E-state index in [1.165, 1.54) is 0 Å². The van der Waals surface area contributed by atoms with Crippen molar-refractivity contribution < 1.29 is 4.42 Å². The highest BCUT2D eigenvalue weighted by molar-refractivity contribution is 9.10. The average Bonchev–Trinajstić information content (AvgIpc) is 2.47. The lowest BCUT2D eigenvalue weighted by Gasteiger charge is -2.09. The maximum Gasteiger partial charge on any atom is 0.193 e. The van der Waals surface area contributed by atoms with E-state index in [1.807, 2.05) is 50.2 Å². The van der Waals surface area contributed by atoms with Crippen molar-refractivity contribution in [3.05, 3.63) is 68.3 Å². The maximum absolute atomic E-state index is 12.3. The van der Waals surface area contributed by atoms with Crippen LogP contribution in [0, 0.1) is 13.8 Å². The number of fused-ring (bicyclic) bond motifs is 1. The summed E-state index contributed by atoms with van der Waals surface area (Å²) in [5, 5.41) is 0.611. The molecule has 0 aliphatic heterocycles. The Labute approximate surface area is 125 Å². The molecular formula is C17H13BrO2. The topological polar surface area (TPSA) is 30.2 Å². The minimum atomic E-state index is -0.0195. The van der Waals surface area contributed by atoms with Crippen molar-refractivity contribution in [1.29, 1.82) is 0 Å². The number of hydrogen-bond donors (Lipinski definition) is 0. The largest absolute Gasteiger partial charge is 0.456 e. The molecule has 0 fully saturated rings. The van der Waals surface area contributed by atoms with Crippen LogP contribution in [0.15, 0.2) is 56.1 Å². The van der Waals surface area contributed by atoms with E-state index in [0.717, 1.165) is 21.2 Å². The zero-order valence-corrected chi connectivity index (χ0v) is 12.8. The lowest BCUT2D eigenvalue weighted by molar-refractivity contribution is 0.615. The third-order valence-electron chi connectivity index (χ3n) is 3.57. The number of rotatable bonds is 1. The Hall–Kier alpha value is -1.87. The Morgan fingerprint density at radius 2 is 1.70 bits per heavy atom. The summed E-state index contributed by atoms with van der Waals surface area (Å²) in [6.07, 6.45) is 0. The van der Waals surface area contributed by atoms with E-state index in [2.05, 4.69) is 15.9 Å². The molecule has 0 saturated carbocycles. The van der Waals surface area contributed by atoms with Crippen LogP contribution < -0.4 is 5.43 Å². The van der Waals surface area contributed by atoms with Gasteiger partial charge in [0.15, 0.2) is 5.43 Å². The van der Waals surface area contributed by atoms with Gasteiger partial charge in [-0.15, -0.1) is 0 Å². The monoisotopic (exact) mass is 328 g/mol. The predicted octanol–water partition coefficient (Wildman–Crippen LogP) is 4.84. The number of benzene rings is 2. The van der Waals surface area contributed by atoms with E-state index < -0.39 is 0 Å². The Kier molecular flexibility index (Phi) is 3.22. The molecule has 0 aliphatic rings. The summed E-state index contributed by atoms with van der Waals surface area (Å²) in [6.45, 7) is 3.98. The van der Waals surface area contributed by atoms with Crippen LogP contribution in [0.25, 0.3) is 22.3 Å². The van der Waals surface area contributed by atoms with Gasteiger partial charge < -0.3 is 4.42 Å². The van der Waals surface area contributed by atoms with Crippen molar-refractivity contribution in [2.75, 3.05) is 0 Å². The van der Waals surface area contributed by atoms with Crippen molar-refractivity contribution in [2.45, 2.75) is 13.8 Å². The van der Waals surface area contributed by atoms with Crippen LogP contribution in [0.4, 0.5) is 0 Å². The lowest BCUT2D eigenvalue weighted by atomic mass is 10.1. The molecule has 2 nitrogen and oxygen atoms in total. The van der Waals surface area contributed by atoms with E-state index in [4.69, 9.17) is 4.42 Å². The quantitative estimate of drug-likeness (QED) is 0.639. The van der Waals surface area contributed by atoms with Gasteiger partial charge in [-0.05, 0) is 31.0 Å². The first-order valence-corrected chi connectivity index (χ1v) is 7.16. The molecule has 0 amide bonds. The Balaban J connectivity index is 2.38. The molecule has 0 saturated heterocycles. The van der Waals surface area contributed by atoms with Crippen LogP contribution >= 0.6 is 15.9 Å². The van der Waals surface area contributed by atoms with Gasteiger partial charge in [-0.3, -0.25) is 4.79 Å². The fourth-order valence-electron chi connectivity index (χ4n) is 2.25. The zero-order valence-electron chi connectivity index (χ0n) is 11.2. The van der Waals surface area contributed by atoms with E-state index in [9.17, 15) is 4.79 Å². The second kappa shape index (κ2) is 4.91. The fourth-order valence-corrected chi connectivity index (χ4v) is 2.77. The maximum atomic E-state index is 12.3. The Morgan fingerprint density at radius 1 is 1.00 bits per heavy atom. The van der Waals surface area contributed by atoms with Crippen molar-refractivity contribution in [1.82, 2.24) is 0 Å². The molecule has 0 bridgehead atoms. The molecule has 20 heavy (non-hydrogen) atoms. The SMILES string of the molecule is Cc1c(Br)cc2c(=O)cc(-c3ccccc3)oc2c1C. The number of hydrogen-bond acceptors (Lipinski definition) is 2. The smallest absolute Gasteiger partial charge is 0.193 e. The summed E-state index contributed by atoms with van der Waals surface area (Å²) in [5.74, 6) is 0.605. The van der Waals surface area contributed by atoms with Gasteiger partial charge >= 0.3 is 0 Å². The minimum Gasteiger partial charge on any atom is -0.456 e. The first kappa shape index (κ1) is 13.1. The summed E-state index contributed by atoms with van der Waals surface area (Å²) in [5.41, 5.74) is 3.63. The molecule has 0 aliphatic carbocycles. The van der Waals surface area contributed by atoms with Gasteiger partial charge in [-0.1, -0.05) is 46.3 Å². The molecule has 100 valence electrons. The van der Waals surface area contributed by atoms with Crippen LogP contribution in [0.3, 0.4) is 0 Å². The molecule has 3 heteroatoms. The normalized spacial score (nSPS) is 10.9. The first-order chi connectivity index (χ1) is 9.58. The highest BCUT2D eigenvalue weighted by atomic mass is 79.9. The van der Waals surface area contributed by atoms with Crippen LogP contribution in [0.1, 0.15) is 11.1 Å². The summed E-state index contributed by atoms with van der Waals surface area (Å²) in [7, 11) is 0. The average molecular weight is 329 g/mol. The van der Waals surface area contributed by atoms with Gasteiger partial charge in [0.25, 0.3) is 0 Å².